The van der Waals surface area contributed by atoms with Crippen molar-refractivity contribution in [1.82, 2.24) is 0 Å². The van der Waals surface area contributed by atoms with Crippen LogP contribution in [0.2, 0.25) is 0 Å². The Balaban J connectivity index is 2.73. The van der Waals surface area contributed by atoms with Crippen LogP contribution in [0.25, 0.3) is 0 Å². The van der Waals surface area contributed by atoms with Gasteiger partial charge in [-0.3, -0.25) is 4.79 Å². The molecule has 3 nitrogen and oxygen atoms in total. The van der Waals surface area contributed by atoms with E-state index in [4.69, 9.17) is 9.15 Å². The van der Waals surface area contributed by atoms with Gasteiger partial charge in [-0.15, -0.1) is 0 Å². The summed E-state index contributed by atoms with van der Waals surface area (Å²) < 4.78 is 9.90. The van der Waals surface area contributed by atoms with E-state index in [2.05, 4.69) is 23.7 Å². The normalized spacial score (nSPS) is 10.8. The minimum absolute atomic E-state index is 0.228. The number of furan rings is 1. The Bertz CT molecular complexity index is 569. The Hall–Kier alpha value is -2.13. The molecule has 0 N–H and O–H groups in total. The Morgan fingerprint density at radius 3 is 2.55 bits per heavy atom. The van der Waals surface area contributed by atoms with Gasteiger partial charge in [-0.2, -0.15) is 0 Å². The molecule has 1 aromatic rings. The first-order valence-corrected chi connectivity index (χ1v) is 6.42. The molecule has 1 rings (SSSR count). The predicted molar refractivity (Wildman–Crippen MR) is 77.6 cm³/mol. The second-order valence-electron chi connectivity index (χ2n) is 5.91. The zero-order chi connectivity index (χ0) is 15.2. The average Bonchev–Trinajstić information content (AvgIpc) is 2.85. The van der Waals surface area contributed by atoms with Crippen molar-refractivity contribution in [3.8, 4) is 23.7 Å². The second kappa shape index (κ2) is 6.35. The standard InChI is InChI=1S/C17H20O3/c1-16(2,13-17(3,4)15(18)19-5)11-7-6-9-14-10-8-12-20-14/h8,10,12H,13H2,1-5H3. The molecule has 0 aromatic carbocycles. The fourth-order valence-corrected chi connectivity index (χ4v) is 2.14. The molecular weight excluding hydrogens is 252 g/mol. The van der Waals surface area contributed by atoms with Crippen LogP contribution in [-0.4, -0.2) is 13.1 Å². The molecule has 0 radical (unpaired) electrons. The van der Waals surface area contributed by atoms with Gasteiger partial charge in [0.2, 0.25) is 0 Å². The van der Waals surface area contributed by atoms with Crippen LogP contribution < -0.4 is 0 Å². The van der Waals surface area contributed by atoms with Crippen molar-refractivity contribution < 1.29 is 13.9 Å². The summed E-state index contributed by atoms with van der Waals surface area (Å²) in [5, 5.41) is 0. The fourth-order valence-electron chi connectivity index (χ4n) is 2.14. The van der Waals surface area contributed by atoms with Crippen molar-refractivity contribution in [1.29, 1.82) is 0 Å². The van der Waals surface area contributed by atoms with Gasteiger partial charge in [0.25, 0.3) is 0 Å². The van der Waals surface area contributed by atoms with E-state index in [0.29, 0.717) is 12.2 Å². The van der Waals surface area contributed by atoms with E-state index in [1.807, 2.05) is 27.7 Å². The minimum Gasteiger partial charge on any atom is -0.469 e. The van der Waals surface area contributed by atoms with E-state index >= 15 is 0 Å². The zero-order valence-corrected chi connectivity index (χ0v) is 12.7. The largest absolute Gasteiger partial charge is 0.469 e. The number of hydrogen-bond donors (Lipinski definition) is 0. The maximum atomic E-state index is 11.7. The van der Waals surface area contributed by atoms with Gasteiger partial charge >= 0.3 is 5.97 Å². The number of hydrogen-bond acceptors (Lipinski definition) is 3. The maximum Gasteiger partial charge on any atom is 0.311 e. The SMILES string of the molecule is COC(=O)C(C)(C)CC(C)(C)C#CC#Cc1ccco1. The van der Waals surface area contributed by atoms with Gasteiger partial charge in [-0.05, 0) is 64.0 Å². The lowest BCUT2D eigenvalue weighted by atomic mass is 9.75. The number of esters is 1. The Labute approximate surface area is 120 Å². The highest BCUT2D eigenvalue weighted by atomic mass is 16.5. The summed E-state index contributed by atoms with van der Waals surface area (Å²) in [6.45, 7) is 7.69. The first-order chi connectivity index (χ1) is 9.27. The molecule has 1 heterocycles. The number of rotatable bonds is 3. The molecule has 0 atom stereocenters. The van der Waals surface area contributed by atoms with Crippen molar-refractivity contribution in [3.05, 3.63) is 24.2 Å². The third kappa shape index (κ3) is 4.86. The van der Waals surface area contributed by atoms with Crippen LogP contribution in [0.4, 0.5) is 0 Å². The van der Waals surface area contributed by atoms with Gasteiger partial charge in [0, 0.05) is 5.41 Å². The molecule has 0 aliphatic carbocycles. The quantitative estimate of drug-likeness (QED) is 0.626. The van der Waals surface area contributed by atoms with E-state index < -0.39 is 5.41 Å². The number of carbonyl (C=O) groups is 1. The lowest BCUT2D eigenvalue weighted by Gasteiger charge is -2.28. The van der Waals surface area contributed by atoms with E-state index in [1.165, 1.54) is 7.11 Å². The van der Waals surface area contributed by atoms with Crippen LogP contribution in [0.3, 0.4) is 0 Å². The van der Waals surface area contributed by atoms with Gasteiger partial charge in [0.05, 0.1) is 18.8 Å². The lowest BCUT2D eigenvalue weighted by Crippen LogP contribution is -2.31. The third-order valence-electron chi connectivity index (χ3n) is 2.79. The zero-order valence-electron chi connectivity index (χ0n) is 12.7. The Morgan fingerprint density at radius 1 is 1.30 bits per heavy atom. The summed E-state index contributed by atoms with van der Waals surface area (Å²) >= 11 is 0. The molecule has 0 bridgehead atoms. The summed E-state index contributed by atoms with van der Waals surface area (Å²) in [7, 11) is 1.40. The topological polar surface area (TPSA) is 39.4 Å². The second-order valence-corrected chi connectivity index (χ2v) is 5.91. The Kier molecular flexibility index (Phi) is 5.06. The van der Waals surface area contributed by atoms with Gasteiger partial charge in [-0.1, -0.05) is 5.92 Å². The van der Waals surface area contributed by atoms with Crippen molar-refractivity contribution in [2.24, 2.45) is 10.8 Å². The van der Waals surface area contributed by atoms with Gasteiger partial charge in [-0.25, -0.2) is 0 Å². The van der Waals surface area contributed by atoms with Crippen LogP contribution in [-0.2, 0) is 9.53 Å². The first kappa shape index (κ1) is 15.9. The van der Waals surface area contributed by atoms with E-state index in [0.717, 1.165) is 0 Å². The summed E-state index contributed by atoms with van der Waals surface area (Å²) in [6.07, 6.45) is 2.17. The highest BCUT2D eigenvalue weighted by Gasteiger charge is 2.34. The minimum atomic E-state index is -0.568. The van der Waals surface area contributed by atoms with E-state index in [9.17, 15) is 4.79 Å². The van der Waals surface area contributed by atoms with Crippen LogP contribution in [0, 0.1) is 34.5 Å². The molecule has 0 fully saturated rings. The van der Waals surface area contributed by atoms with Crippen LogP contribution in [0.1, 0.15) is 39.9 Å². The molecule has 0 unspecified atom stereocenters. The molecule has 0 saturated carbocycles. The number of ether oxygens (including phenoxy) is 1. The predicted octanol–water partition coefficient (Wildman–Crippen LogP) is 3.25. The molecule has 0 saturated heterocycles. The third-order valence-corrected chi connectivity index (χ3v) is 2.79. The first-order valence-electron chi connectivity index (χ1n) is 6.42. The van der Waals surface area contributed by atoms with E-state index in [1.54, 1.807) is 18.4 Å². The van der Waals surface area contributed by atoms with Gasteiger partial charge in [0.1, 0.15) is 0 Å². The lowest BCUT2D eigenvalue weighted by molar-refractivity contribution is -0.152. The highest BCUT2D eigenvalue weighted by Crippen LogP contribution is 2.33. The Morgan fingerprint density at radius 2 is 2.00 bits per heavy atom. The van der Waals surface area contributed by atoms with Crippen LogP contribution in [0.5, 0.6) is 0 Å². The van der Waals surface area contributed by atoms with Crippen LogP contribution in [0.15, 0.2) is 22.8 Å². The van der Waals surface area contributed by atoms with Crippen molar-refractivity contribution in [2.45, 2.75) is 34.1 Å². The molecule has 3 heteroatoms. The summed E-state index contributed by atoms with van der Waals surface area (Å²) in [5.41, 5.74) is -0.892. The summed E-state index contributed by atoms with van der Waals surface area (Å²) in [6, 6.07) is 3.56. The molecule has 0 aliphatic rings. The number of carbonyl (C=O) groups excluding carboxylic acids is 1. The molecule has 0 spiro atoms. The highest BCUT2D eigenvalue weighted by molar-refractivity contribution is 5.75. The van der Waals surface area contributed by atoms with Gasteiger partial charge < -0.3 is 9.15 Å². The van der Waals surface area contributed by atoms with Crippen molar-refractivity contribution in [2.75, 3.05) is 7.11 Å². The smallest absolute Gasteiger partial charge is 0.311 e. The average molecular weight is 272 g/mol. The maximum absolute atomic E-state index is 11.7. The monoisotopic (exact) mass is 272 g/mol. The van der Waals surface area contributed by atoms with E-state index in [-0.39, 0.29) is 11.4 Å². The molecular formula is C17H20O3. The fraction of sp³-hybridized carbons (Fsp3) is 0.471. The number of methoxy groups -OCH3 is 1. The summed E-state index contributed by atoms with van der Waals surface area (Å²) in [4.78, 5) is 11.7. The molecule has 20 heavy (non-hydrogen) atoms. The van der Waals surface area contributed by atoms with Crippen LogP contribution >= 0.6 is 0 Å². The summed E-state index contributed by atoms with van der Waals surface area (Å²) in [5.74, 6) is 11.8. The van der Waals surface area contributed by atoms with Crippen molar-refractivity contribution in [3.63, 3.8) is 0 Å². The van der Waals surface area contributed by atoms with Gasteiger partial charge in [0.15, 0.2) is 5.76 Å². The van der Waals surface area contributed by atoms with Crippen molar-refractivity contribution >= 4 is 5.97 Å². The molecule has 106 valence electrons. The molecule has 1 aromatic heterocycles. The molecule has 0 amide bonds. The molecule has 0 aliphatic heterocycles.